The first-order valence-corrected chi connectivity index (χ1v) is 14.1. The van der Waals surface area contributed by atoms with Crippen LogP contribution in [0.2, 0.25) is 0 Å². The van der Waals surface area contributed by atoms with Crippen molar-refractivity contribution in [3.63, 3.8) is 0 Å². The van der Waals surface area contributed by atoms with Crippen LogP contribution >= 0.6 is 0 Å². The molecule has 0 aliphatic carbocycles. The van der Waals surface area contributed by atoms with Crippen LogP contribution in [-0.2, 0) is 29.0 Å². The van der Waals surface area contributed by atoms with E-state index in [1.54, 1.807) is 41.6 Å². The van der Waals surface area contributed by atoms with Gasteiger partial charge in [-0.05, 0) is 69.0 Å². The average molecular weight is 577 g/mol. The van der Waals surface area contributed by atoms with Crippen molar-refractivity contribution >= 4 is 18.0 Å². The van der Waals surface area contributed by atoms with Gasteiger partial charge >= 0.3 is 12.1 Å². The molecule has 2 aromatic carbocycles. The van der Waals surface area contributed by atoms with Crippen LogP contribution in [0.4, 0.5) is 9.18 Å². The summed E-state index contributed by atoms with van der Waals surface area (Å²) in [4.78, 5) is 45.3. The zero-order valence-corrected chi connectivity index (χ0v) is 23.8. The number of aromatic nitrogens is 2. The van der Waals surface area contributed by atoms with Crippen LogP contribution in [0.15, 0.2) is 42.7 Å². The normalized spacial score (nSPS) is 18.7. The van der Waals surface area contributed by atoms with Gasteiger partial charge in [-0.25, -0.2) is 19.0 Å². The number of carbonyl (C=O) groups excluding carboxylic acids is 2. The summed E-state index contributed by atoms with van der Waals surface area (Å²) in [6, 6.07) is 8.79. The molecule has 220 valence electrons. The number of halogens is 1. The van der Waals surface area contributed by atoms with Crippen LogP contribution in [-0.4, -0.2) is 67.2 Å². The summed E-state index contributed by atoms with van der Waals surface area (Å²) in [7, 11) is 0. The second-order valence-corrected chi connectivity index (χ2v) is 12.0. The molecule has 2 amide bonds. The van der Waals surface area contributed by atoms with E-state index in [1.807, 2.05) is 25.3 Å². The molecule has 1 fully saturated rings. The molecular formula is C31H33FN4O6. The number of carbonyl (C=O) groups is 3. The van der Waals surface area contributed by atoms with E-state index in [2.05, 4.69) is 4.98 Å². The number of carboxylic acids is 1. The van der Waals surface area contributed by atoms with Crippen molar-refractivity contribution in [1.82, 2.24) is 19.4 Å². The van der Waals surface area contributed by atoms with Gasteiger partial charge in [0, 0.05) is 36.3 Å². The molecule has 6 rings (SSSR count). The summed E-state index contributed by atoms with van der Waals surface area (Å²) < 4.78 is 28.8. The zero-order valence-electron chi connectivity index (χ0n) is 23.8. The van der Waals surface area contributed by atoms with Crippen molar-refractivity contribution in [2.75, 3.05) is 13.1 Å². The van der Waals surface area contributed by atoms with Gasteiger partial charge in [0.25, 0.3) is 5.91 Å². The summed E-state index contributed by atoms with van der Waals surface area (Å²) in [6.45, 7) is 7.07. The number of imidazole rings is 1. The Morgan fingerprint density at radius 1 is 1.12 bits per heavy atom. The molecule has 42 heavy (non-hydrogen) atoms. The van der Waals surface area contributed by atoms with Crippen molar-refractivity contribution in [2.24, 2.45) is 0 Å². The third-order valence-electron chi connectivity index (χ3n) is 7.90. The molecule has 0 radical (unpaired) electrons. The van der Waals surface area contributed by atoms with Gasteiger partial charge < -0.3 is 28.9 Å². The number of ether oxygens (including phenoxy) is 2. The molecule has 10 nitrogen and oxygen atoms in total. The van der Waals surface area contributed by atoms with Gasteiger partial charge in [0.2, 0.25) is 0 Å². The predicted octanol–water partition coefficient (Wildman–Crippen LogP) is 4.81. The number of nitrogens with zero attached hydrogens (tertiary/aromatic N) is 4. The van der Waals surface area contributed by atoms with Crippen LogP contribution in [0.3, 0.4) is 0 Å². The van der Waals surface area contributed by atoms with Gasteiger partial charge in [0.05, 0.1) is 25.1 Å². The number of likely N-dealkylation sites (tertiary alicyclic amines) is 1. The van der Waals surface area contributed by atoms with Gasteiger partial charge in [-0.1, -0.05) is 12.1 Å². The minimum Gasteiger partial charge on any atom is -0.489 e. The van der Waals surface area contributed by atoms with Crippen LogP contribution in [0.5, 0.6) is 5.75 Å². The summed E-state index contributed by atoms with van der Waals surface area (Å²) >= 11 is 0. The third-order valence-corrected chi connectivity index (χ3v) is 7.90. The standard InChI is InChI=1S/C31H33FN4O6/c1-31(2,3)42-30(40)34-12-10-21(15-34)41-20-8-6-18(7-9-20)19-13-22-23(24(32)14-19)16-36(28(22)37)27(29(38)39)26-25-5-4-11-35(25)17-33-26/h6-9,13-14,17,21,27H,4-5,10-12,15-16H2,1-3H3,(H,38,39)/t21-,27?/m0/s1. The molecular weight excluding hydrogens is 543 g/mol. The van der Waals surface area contributed by atoms with E-state index in [1.165, 1.54) is 11.0 Å². The lowest BCUT2D eigenvalue weighted by Crippen LogP contribution is -2.36. The summed E-state index contributed by atoms with van der Waals surface area (Å²) in [5.74, 6) is -1.69. The topological polar surface area (TPSA) is 114 Å². The summed E-state index contributed by atoms with van der Waals surface area (Å²) in [6.07, 6.45) is 3.32. The second-order valence-electron chi connectivity index (χ2n) is 12.0. The maximum Gasteiger partial charge on any atom is 0.410 e. The predicted molar refractivity (Wildman–Crippen MR) is 149 cm³/mol. The van der Waals surface area contributed by atoms with E-state index in [4.69, 9.17) is 9.47 Å². The number of hydrogen-bond donors (Lipinski definition) is 1. The molecule has 0 bridgehead atoms. The first-order chi connectivity index (χ1) is 20.0. The molecule has 1 saturated heterocycles. The van der Waals surface area contributed by atoms with Gasteiger partial charge in [0.15, 0.2) is 6.04 Å². The molecule has 4 heterocycles. The van der Waals surface area contributed by atoms with Crippen molar-refractivity contribution in [3.8, 4) is 16.9 Å². The lowest BCUT2D eigenvalue weighted by molar-refractivity contribution is -0.142. The highest BCUT2D eigenvalue weighted by atomic mass is 19.1. The highest BCUT2D eigenvalue weighted by Crippen LogP contribution is 2.37. The first kappa shape index (κ1) is 27.7. The summed E-state index contributed by atoms with van der Waals surface area (Å²) in [5, 5.41) is 10.1. The van der Waals surface area contributed by atoms with Gasteiger partial charge in [-0.2, -0.15) is 0 Å². The van der Waals surface area contributed by atoms with E-state index in [-0.39, 0.29) is 29.9 Å². The number of rotatable bonds is 6. The van der Waals surface area contributed by atoms with Crippen LogP contribution in [0, 0.1) is 5.82 Å². The Kier molecular flexibility index (Phi) is 6.90. The van der Waals surface area contributed by atoms with Crippen molar-refractivity contribution < 1.29 is 33.4 Å². The molecule has 11 heteroatoms. The number of benzene rings is 2. The van der Waals surface area contributed by atoms with E-state index in [9.17, 15) is 19.5 Å². The molecule has 3 aromatic rings. The number of amides is 2. The number of aryl methyl sites for hydroxylation is 1. The Balaban J connectivity index is 1.16. The monoisotopic (exact) mass is 576 g/mol. The minimum atomic E-state index is -1.29. The summed E-state index contributed by atoms with van der Waals surface area (Å²) in [5.41, 5.74) is 2.10. The number of aliphatic carboxylic acids is 1. The molecule has 1 unspecified atom stereocenters. The molecule has 3 aliphatic heterocycles. The Hall–Kier alpha value is -4.41. The first-order valence-electron chi connectivity index (χ1n) is 14.1. The van der Waals surface area contributed by atoms with Crippen molar-refractivity contribution in [3.05, 3.63) is 71.1 Å². The Bertz CT molecular complexity index is 1560. The van der Waals surface area contributed by atoms with Gasteiger partial charge in [0.1, 0.15) is 23.3 Å². The number of fused-ring (bicyclic) bond motifs is 2. The largest absolute Gasteiger partial charge is 0.489 e. The van der Waals surface area contributed by atoms with Gasteiger partial charge in [-0.3, -0.25) is 4.79 Å². The van der Waals surface area contributed by atoms with Crippen LogP contribution < -0.4 is 4.74 Å². The van der Waals surface area contributed by atoms with Crippen LogP contribution in [0.25, 0.3) is 11.1 Å². The molecule has 3 aliphatic rings. The fraction of sp³-hybridized carbons (Fsp3) is 0.419. The highest BCUT2D eigenvalue weighted by Gasteiger charge is 2.42. The Labute approximate surface area is 242 Å². The zero-order chi connectivity index (χ0) is 29.8. The van der Waals surface area contributed by atoms with E-state index in [0.717, 1.165) is 18.7 Å². The quantitative estimate of drug-likeness (QED) is 0.448. The van der Waals surface area contributed by atoms with Gasteiger partial charge in [-0.15, -0.1) is 0 Å². The lowest BCUT2D eigenvalue weighted by Gasteiger charge is -2.24. The van der Waals surface area contributed by atoms with E-state index < -0.39 is 29.3 Å². The number of hydrogen-bond acceptors (Lipinski definition) is 6. The molecule has 0 saturated carbocycles. The average Bonchev–Trinajstić information content (AvgIpc) is 3.71. The smallest absolute Gasteiger partial charge is 0.410 e. The van der Waals surface area contributed by atoms with Crippen LogP contribution in [0.1, 0.15) is 67.0 Å². The second kappa shape index (κ2) is 10.5. The Morgan fingerprint density at radius 2 is 1.88 bits per heavy atom. The minimum absolute atomic E-state index is 0.141. The SMILES string of the molecule is CC(C)(C)OC(=O)N1CC[C@H](Oc2ccc(-c3cc(F)c4c(c3)C(=O)N(C(C(=O)O)c3ncn5c3CCC5)C4)cc2)C1. The maximum absolute atomic E-state index is 15.4. The highest BCUT2D eigenvalue weighted by molar-refractivity contribution is 6.01. The molecule has 2 atom stereocenters. The molecule has 0 spiro atoms. The lowest BCUT2D eigenvalue weighted by atomic mass is 9.99. The fourth-order valence-corrected chi connectivity index (χ4v) is 5.93. The van der Waals surface area contributed by atoms with E-state index >= 15 is 4.39 Å². The fourth-order valence-electron chi connectivity index (χ4n) is 5.93. The maximum atomic E-state index is 15.4. The number of carboxylic acid groups (broad SMARTS) is 1. The molecule has 1 N–H and O–H groups in total. The van der Waals surface area contributed by atoms with E-state index in [0.29, 0.717) is 48.5 Å². The Morgan fingerprint density at radius 3 is 2.60 bits per heavy atom. The van der Waals surface area contributed by atoms with Crippen molar-refractivity contribution in [1.29, 1.82) is 0 Å². The third kappa shape index (κ3) is 5.19. The molecule has 1 aromatic heterocycles. The van der Waals surface area contributed by atoms with Crippen molar-refractivity contribution in [2.45, 2.75) is 70.9 Å².